The van der Waals surface area contributed by atoms with E-state index in [0.29, 0.717) is 0 Å². The van der Waals surface area contributed by atoms with Crippen LogP contribution in [-0.2, 0) is 0 Å². The van der Waals surface area contributed by atoms with Crippen LogP contribution in [0, 0.1) is 13.8 Å². The monoisotopic (exact) mass is 162 g/mol. The number of nitrogen functional groups attached to an aromatic ring is 1. The second-order valence-electron chi connectivity index (χ2n) is 2.92. The van der Waals surface area contributed by atoms with Crippen molar-refractivity contribution in [3.8, 4) is 0 Å². The highest BCUT2D eigenvalue weighted by molar-refractivity contribution is 5.66. The third-order valence-corrected chi connectivity index (χ3v) is 1.98. The molecule has 0 amide bonds. The quantitative estimate of drug-likeness (QED) is 0.619. The molecule has 0 heterocycles. The summed E-state index contributed by atoms with van der Waals surface area (Å²) in [6, 6.07) is 4.00. The van der Waals surface area contributed by atoms with Crippen LogP contribution < -0.4 is 11.5 Å². The average Bonchev–Trinajstić information content (AvgIpc) is 2.01. The summed E-state index contributed by atoms with van der Waals surface area (Å²) in [5, 5.41) is 0. The smallest absolute Gasteiger partial charge is 0.0391 e. The van der Waals surface area contributed by atoms with Crippen molar-refractivity contribution in [3.63, 3.8) is 0 Å². The van der Waals surface area contributed by atoms with Gasteiger partial charge in [-0.15, -0.1) is 0 Å². The lowest BCUT2D eigenvalue weighted by Gasteiger charge is -2.05. The molecule has 0 aliphatic rings. The third-order valence-electron chi connectivity index (χ3n) is 1.98. The van der Waals surface area contributed by atoms with E-state index in [1.165, 1.54) is 17.3 Å². The predicted octanol–water partition coefficient (Wildman–Crippen LogP) is 1.82. The first-order valence-corrected chi connectivity index (χ1v) is 3.90. The number of benzene rings is 1. The summed E-state index contributed by atoms with van der Waals surface area (Å²) in [6.07, 6.45) is 3.31. The predicted molar refractivity (Wildman–Crippen MR) is 53.5 cm³/mol. The molecule has 0 fully saturated rings. The fourth-order valence-corrected chi connectivity index (χ4v) is 1.11. The zero-order valence-electron chi connectivity index (χ0n) is 7.46. The lowest BCUT2D eigenvalue weighted by molar-refractivity contribution is 1.33. The van der Waals surface area contributed by atoms with Gasteiger partial charge in [-0.3, -0.25) is 0 Å². The highest BCUT2D eigenvalue weighted by Crippen LogP contribution is 2.18. The lowest BCUT2D eigenvalue weighted by atomic mass is 10.0. The van der Waals surface area contributed by atoms with E-state index in [1.54, 1.807) is 0 Å². The zero-order chi connectivity index (χ0) is 9.14. The Balaban J connectivity index is 3.23. The highest BCUT2D eigenvalue weighted by Gasteiger charge is 1.98. The van der Waals surface area contributed by atoms with E-state index in [-0.39, 0.29) is 0 Å². The molecule has 12 heavy (non-hydrogen) atoms. The molecule has 2 nitrogen and oxygen atoms in total. The highest BCUT2D eigenvalue weighted by atomic mass is 14.6. The molecule has 0 aliphatic carbocycles. The van der Waals surface area contributed by atoms with Crippen molar-refractivity contribution < 1.29 is 0 Å². The summed E-state index contributed by atoms with van der Waals surface area (Å²) in [6.45, 7) is 4.10. The second kappa shape index (κ2) is 3.30. The Kier molecular flexibility index (Phi) is 2.38. The lowest BCUT2D eigenvalue weighted by Crippen LogP contribution is -1.93. The minimum Gasteiger partial charge on any atom is -0.405 e. The molecule has 0 unspecified atom stereocenters. The van der Waals surface area contributed by atoms with E-state index >= 15 is 0 Å². The van der Waals surface area contributed by atoms with Gasteiger partial charge in [-0.25, -0.2) is 0 Å². The summed E-state index contributed by atoms with van der Waals surface area (Å²) in [5.74, 6) is 0. The van der Waals surface area contributed by atoms with Gasteiger partial charge in [0, 0.05) is 5.69 Å². The number of hydrogen-bond acceptors (Lipinski definition) is 2. The maximum atomic E-state index is 5.77. The largest absolute Gasteiger partial charge is 0.405 e. The van der Waals surface area contributed by atoms with Gasteiger partial charge in [-0.05, 0) is 54.9 Å². The number of nitrogens with two attached hydrogens (primary N) is 2. The van der Waals surface area contributed by atoms with Crippen LogP contribution in [-0.4, -0.2) is 0 Å². The standard InChI is InChI=1S/C10H14N2/c1-7-5-9(3-4-11)10(12)6-8(7)2/h3-6H,11-12H2,1-2H3/b4-3-. The molecule has 1 aromatic rings. The van der Waals surface area contributed by atoms with Crippen molar-refractivity contribution in [2.24, 2.45) is 5.73 Å². The minimum atomic E-state index is 0.778. The van der Waals surface area contributed by atoms with E-state index in [0.717, 1.165) is 11.3 Å². The van der Waals surface area contributed by atoms with Crippen molar-refractivity contribution in [2.45, 2.75) is 13.8 Å². The van der Waals surface area contributed by atoms with Gasteiger partial charge in [0.1, 0.15) is 0 Å². The molecule has 4 N–H and O–H groups in total. The number of rotatable bonds is 1. The first-order chi connectivity index (χ1) is 5.65. The summed E-state index contributed by atoms with van der Waals surface area (Å²) >= 11 is 0. The molecule has 0 aromatic heterocycles. The Labute approximate surface area is 72.9 Å². The summed E-state index contributed by atoms with van der Waals surface area (Å²) in [7, 11) is 0. The molecule has 0 saturated heterocycles. The molecule has 1 aromatic carbocycles. The third kappa shape index (κ3) is 1.59. The van der Waals surface area contributed by atoms with Crippen molar-refractivity contribution in [1.82, 2.24) is 0 Å². The van der Waals surface area contributed by atoms with E-state index in [4.69, 9.17) is 11.5 Å². The van der Waals surface area contributed by atoms with Gasteiger partial charge < -0.3 is 11.5 Å². The average molecular weight is 162 g/mol. The molecule has 0 spiro atoms. The van der Waals surface area contributed by atoms with Gasteiger partial charge in [-0.1, -0.05) is 0 Å². The van der Waals surface area contributed by atoms with E-state index in [1.807, 2.05) is 25.1 Å². The molecule has 64 valence electrons. The van der Waals surface area contributed by atoms with Crippen LogP contribution in [0.15, 0.2) is 18.3 Å². The minimum absolute atomic E-state index is 0.778. The number of anilines is 1. The van der Waals surface area contributed by atoms with Crippen molar-refractivity contribution in [1.29, 1.82) is 0 Å². The maximum Gasteiger partial charge on any atom is 0.0391 e. The first kappa shape index (κ1) is 8.65. The fourth-order valence-electron chi connectivity index (χ4n) is 1.11. The maximum absolute atomic E-state index is 5.77. The molecular formula is C10H14N2. The molecule has 0 bridgehead atoms. The van der Waals surface area contributed by atoms with Crippen LogP contribution in [0.25, 0.3) is 6.08 Å². The molecule has 0 radical (unpaired) electrons. The molecular weight excluding hydrogens is 148 g/mol. The van der Waals surface area contributed by atoms with Gasteiger partial charge >= 0.3 is 0 Å². The van der Waals surface area contributed by atoms with Crippen molar-refractivity contribution >= 4 is 11.8 Å². The Morgan fingerprint density at radius 3 is 2.33 bits per heavy atom. The zero-order valence-corrected chi connectivity index (χ0v) is 7.46. The van der Waals surface area contributed by atoms with Crippen LogP contribution in [0.3, 0.4) is 0 Å². The fraction of sp³-hybridized carbons (Fsp3) is 0.200. The van der Waals surface area contributed by atoms with Crippen molar-refractivity contribution in [3.05, 3.63) is 35.0 Å². The Morgan fingerprint density at radius 1 is 1.17 bits per heavy atom. The molecule has 0 aliphatic heterocycles. The Bertz CT molecular complexity index is 314. The van der Waals surface area contributed by atoms with E-state index in [9.17, 15) is 0 Å². The van der Waals surface area contributed by atoms with Crippen LogP contribution in [0.5, 0.6) is 0 Å². The summed E-state index contributed by atoms with van der Waals surface area (Å²) in [5.41, 5.74) is 15.3. The van der Waals surface area contributed by atoms with Crippen LogP contribution in [0.4, 0.5) is 5.69 Å². The normalized spacial score (nSPS) is 10.8. The van der Waals surface area contributed by atoms with E-state index < -0.39 is 0 Å². The first-order valence-electron chi connectivity index (χ1n) is 3.90. The molecule has 0 atom stereocenters. The van der Waals surface area contributed by atoms with Gasteiger partial charge in [0.2, 0.25) is 0 Å². The number of hydrogen-bond donors (Lipinski definition) is 2. The van der Waals surface area contributed by atoms with Gasteiger partial charge in [0.05, 0.1) is 0 Å². The van der Waals surface area contributed by atoms with E-state index in [2.05, 4.69) is 6.92 Å². The number of aryl methyl sites for hydroxylation is 2. The van der Waals surface area contributed by atoms with Crippen LogP contribution >= 0.6 is 0 Å². The molecule has 0 saturated carbocycles. The Hall–Kier alpha value is -1.44. The second-order valence-corrected chi connectivity index (χ2v) is 2.92. The SMILES string of the molecule is Cc1cc(N)c(/C=C\N)cc1C. The molecule has 1 rings (SSSR count). The van der Waals surface area contributed by atoms with Crippen LogP contribution in [0.1, 0.15) is 16.7 Å². The van der Waals surface area contributed by atoms with Gasteiger partial charge in [-0.2, -0.15) is 0 Å². The van der Waals surface area contributed by atoms with Crippen LogP contribution in [0.2, 0.25) is 0 Å². The van der Waals surface area contributed by atoms with Crippen molar-refractivity contribution in [2.75, 3.05) is 5.73 Å². The summed E-state index contributed by atoms with van der Waals surface area (Å²) < 4.78 is 0. The molecule has 2 heteroatoms. The van der Waals surface area contributed by atoms with Gasteiger partial charge in [0.15, 0.2) is 0 Å². The summed E-state index contributed by atoms with van der Waals surface area (Å²) in [4.78, 5) is 0. The topological polar surface area (TPSA) is 52.0 Å². The van der Waals surface area contributed by atoms with Gasteiger partial charge in [0.25, 0.3) is 0 Å². The Morgan fingerprint density at radius 2 is 1.75 bits per heavy atom.